The highest BCUT2D eigenvalue weighted by Gasteiger charge is 2.09. The maximum atomic E-state index is 12.9. The molecule has 0 aromatic heterocycles. The lowest BCUT2D eigenvalue weighted by Crippen LogP contribution is -2.34. The number of nitrogens with zero attached hydrogens (tertiary/aromatic N) is 1. The van der Waals surface area contributed by atoms with Gasteiger partial charge < -0.3 is 14.8 Å². The van der Waals surface area contributed by atoms with E-state index in [2.05, 4.69) is 15.8 Å². The molecule has 0 fully saturated rings. The molecule has 170 valence electrons. The van der Waals surface area contributed by atoms with Crippen LogP contribution >= 0.6 is 11.6 Å². The van der Waals surface area contributed by atoms with E-state index in [0.717, 1.165) is 5.56 Å². The number of hydrogen-bond acceptors (Lipinski definition) is 5. The molecule has 0 aliphatic heterocycles. The Hall–Kier alpha value is -3.91. The summed E-state index contributed by atoms with van der Waals surface area (Å²) in [7, 11) is 1.54. The quantitative estimate of drug-likeness (QED) is 0.367. The van der Waals surface area contributed by atoms with Crippen molar-refractivity contribution >= 4 is 29.6 Å². The van der Waals surface area contributed by atoms with E-state index < -0.39 is 17.6 Å². The van der Waals surface area contributed by atoms with Crippen molar-refractivity contribution in [3.8, 4) is 11.5 Å². The molecule has 0 spiro atoms. The summed E-state index contributed by atoms with van der Waals surface area (Å²) in [5.74, 6) is -0.411. The van der Waals surface area contributed by atoms with Gasteiger partial charge in [-0.1, -0.05) is 29.8 Å². The molecule has 0 bridgehead atoms. The molecule has 9 heteroatoms. The second kappa shape index (κ2) is 11.6. The van der Waals surface area contributed by atoms with E-state index in [1.807, 2.05) is 18.2 Å². The van der Waals surface area contributed by atoms with E-state index in [9.17, 15) is 14.0 Å². The normalized spacial score (nSPS) is 10.6. The predicted octanol–water partition coefficient (Wildman–Crippen LogP) is 3.95. The van der Waals surface area contributed by atoms with Crippen molar-refractivity contribution in [3.63, 3.8) is 0 Å². The van der Waals surface area contributed by atoms with Gasteiger partial charge in [-0.15, -0.1) is 0 Å². The molecule has 7 nitrogen and oxygen atoms in total. The Morgan fingerprint density at radius 1 is 1.09 bits per heavy atom. The molecule has 0 aliphatic rings. The average Bonchev–Trinajstić information content (AvgIpc) is 2.83. The first-order valence-electron chi connectivity index (χ1n) is 9.86. The van der Waals surface area contributed by atoms with Gasteiger partial charge in [0, 0.05) is 27.8 Å². The standard InChI is InChI=1S/C24H21ClFN3O4/c1-32-20-11-8-17(22(12-20)33-15-18-4-2-3-5-21(18)25)13-28-29-23(30)14-27-24(31)16-6-9-19(26)10-7-16/h2-13H,14-15H2,1H3,(H,27,31)(H,29,30)/b28-13+. The fraction of sp³-hybridized carbons (Fsp3) is 0.125. The van der Waals surface area contributed by atoms with Crippen molar-refractivity contribution in [3.05, 3.63) is 94.3 Å². The molecule has 0 saturated heterocycles. The molecule has 0 saturated carbocycles. The van der Waals surface area contributed by atoms with Crippen LogP contribution in [0.15, 0.2) is 71.8 Å². The molecule has 2 N–H and O–H groups in total. The Bertz CT molecular complexity index is 1150. The summed E-state index contributed by atoms with van der Waals surface area (Å²) in [4.78, 5) is 24.0. The number of methoxy groups -OCH3 is 1. The van der Waals surface area contributed by atoms with Gasteiger partial charge in [0.1, 0.15) is 23.9 Å². The molecule has 0 radical (unpaired) electrons. The number of nitrogens with one attached hydrogen (secondary N) is 2. The van der Waals surface area contributed by atoms with Crippen LogP contribution in [0.25, 0.3) is 0 Å². The first-order chi connectivity index (χ1) is 16.0. The zero-order valence-corrected chi connectivity index (χ0v) is 18.4. The van der Waals surface area contributed by atoms with Crippen LogP contribution in [0.3, 0.4) is 0 Å². The fourth-order valence-corrected chi connectivity index (χ4v) is 2.91. The van der Waals surface area contributed by atoms with E-state index >= 15 is 0 Å². The molecule has 33 heavy (non-hydrogen) atoms. The number of hydrazone groups is 1. The summed E-state index contributed by atoms with van der Waals surface area (Å²) in [5, 5.41) is 6.94. The summed E-state index contributed by atoms with van der Waals surface area (Å²) in [6.45, 7) is -0.0680. The van der Waals surface area contributed by atoms with Gasteiger partial charge in [0.25, 0.3) is 11.8 Å². The van der Waals surface area contributed by atoms with Gasteiger partial charge in [-0.3, -0.25) is 9.59 Å². The van der Waals surface area contributed by atoms with Crippen LogP contribution in [0.5, 0.6) is 11.5 Å². The predicted molar refractivity (Wildman–Crippen MR) is 123 cm³/mol. The van der Waals surface area contributed by atoms with Crippen LogP contribution < -0.4 is 20.2 Å². The minimum Gasteiger partial charge on any atom is -0.497 e. The summed E-state index contributed by atoms with van der Waals surface area (Å²) in [6, 6.07) is 17.5. The highest BCUT2D eigenvalue weighted by Crippen LogP contribution is 2.25. The second-order valence-electron chi connectivity index (χ2n) is 6.77. The largest absolute Gasteiger partial charge is 0.497 e. The third-order valence-electron chi connectivity index (χ3n) is 4.47. The van der Waals surface area contributed by atoms with E-state index in [-0.39, 0.29) is 18.7 Å². The molecular formula is C24H21ClFN3O4. The van der Waals surface area contributed by atoms with Crippen molar-refractivity contribution in [2.24, 2.45) is 5.10 Å². The molecule has 2 amide bonds. The number of halogens is 2. The Kier molecular flexibility index (Phi) is 8.37. The van der Waals surface area contributed by atoms with Crippen LogP contribution in [-0.4, -0.2) is 31.7 Å². The SMILES string of the molecule is COc1ccc(/C=N/NC(=O)CNC(=O)c2ccc(F)cc2)c(OCc2ccccc2Cl)c1. The molecular weight excluding hydrogens is 449 g/mol. The highest BCUT2D eigenvalue weighted by atomic mass is 35.5. The maximum Gasteiger partial charge on any atom is 0.259 e. The lowest BCUT2D eigenvalue weighted by Gasteiger charge is -2.12. The Labute approximate surface area is 195 Å². The second-order valence-corrected chi connectivity index (χ2v) is 7.17. The molecule has 0 heterocycles. The smallest absolute Gasteiger partial charge is 0.259 e. The van der Waals surface area contributed by atoms with E-state index in [4.69, 9.17) is 21.1 Å². The maximum absolute atomic E-state index is 12.9. The van der Waals surface area contributed by atoms with Gasteiger partial charge in [-0.05, 0) is 42.5 Å². The number of hydrogen-bond donors (Lipinski definition) is 2. The lowest BCUT2D eigenvalue weighted by molar-refractivity contribution is -0.120. The molecule has 0 aliphatic carbocycles. The van der Waals surface area contributed by atoms with E-state index in [0.29, 0.717) is 22.1 Å². The van der Waals surface area contributed by atoms with Gasteiger partial charge in [-0.25, -0.2) is 9.82 Å². The van der Waals surface area contributed by atoms with Crippen LogP contribution in [-0.2, 0) is 11.4 Å². The Morgan fingerprint density at radius 3 is 2.58 bits per heavy atom. The summed E-state index contributed by atoms with van der Waals surface area (Å²) in [6.07, 6.45) is 1.42. The van der Waals surface area contributed by atoms with Gasteiger partial charge >= 0.3 is 0 Å². The topological polar surface area (TPSA) is 89.0 Å². The monoisotopic (exact) mass is 469 g/mol. The average molecular weight is 470 g/mol. The first kappa shape index (κ1) is 23.7. The Morgan fingerprint density at radius 2 is 1.85 bits per heavy atom. The number of rotatable bonds is 9. The summed E-state index contributed by atoms with van der Waals surface area (Å²) in [5.41, 5.74) is 3.99. The molecule has 0 atom stereocenters. The number of carbonyl (C=O) groups excluding carboxylic acids is 2. The number of carbonyl (C=O) groups is 2. The van der Waals surface area contributed by atoms with Crippen molar-refractivity contribution in [1.29, 1.82) is 0 Å². The van der Waals surface area contributed by atoms with Crippen LogP contribution in [0, 0.1) is 5.82 Å². The van der Waals surface area contributed by atoms with Gasteiger partial charge in [0.15, 0.2) is 0 Å². The molecule has 3 aromatic carbocycles. The third-order valence-corrected chi connectivity index (χ3v) is 4.84. The van der Waals surface area contributed by atoms with Crippen molar-refractivity contribution in [1.82, 2.24) is 10.7 Å². The third kappa shape index (κ3) is 7.05. The van der Waals surface area contributed by atoms with Gasteiger partial charge in [-0.2, -0.15) is 5.10 Å². The van der Waals surface area contributed by atoms with Crippen molar-refractivity contribution in [2.45, 2.75) is 6.61 Å². The van der Waals surface area contributed by atoms with E-state index in [1.54, 1.807) is 31.4 Å². The molecule has 3 rings (SSSR count). The summed E-state index contributed by atoms with van der Waals surface area (Å²) < 4.78 is 24.1. The Balaban J connectivity index is 1.58. The van der Waals surface area contributed by atoms with Gasteiger partial charge in [0.2, 0.25) is 0 Å². The van der Waals surface area contributed by atoms with Crippen molar-refractivity contribution < 1.29 is 23.5 Å². The van der Waals surface area contributed by atoms with Crippen LogP contribution in [0.4, 0.5) is 4.39 Å². The highest BCUT2D eigenvalue weighted by molar-refractivity contribution is 6.31. The van der Waals surface area contributed by atoms with E-state index in [1.165, 1.54) is 30.5 Å². The fourth-order valence-electron chi connectivity index (χ4n) is 2.72. The van der Waals surface area contributed by atoms with Crippen LogP contribution in [0.1, 0.15) is 21.5 Å². The lowest BCUT2D eigenvalue weighted by atomic mass is 10.2. The zero-order chi connectivity index (χ0) is 23.6. The molecule has 0 unspecified atom stereocenters. The first-order valence-corrected chi connectivity index (χ1v) is 10.2. The van der Waals surface area contributed by atoms with Crippen LogP contribution in [0.2, 0.25) is 5.02 Å². The minimum absolute atomic E-state index is 0.232. The molecule has 3 aromatic rings. The zero-order valence-electron chi connectivity index (χ0n) is 17.7. The number of benzene rings is 3. The van der Waals surface area contributed by atoms with Gasteiger partial charge in [0.05, 0.1) is 19.9 Å². The van der Waals surface area contributed by atoms with Crippen molar-refractivity contribution in [2.75, 3.05) is 13.7 Å². The number of amides is 2. The minimum atomic E-state index is -0.534. The number of ether oxygens (including phenoxy) is 2. The summed E-state index contributed by atoms with van der Waals surface area (Å²) >= 11 is 6.18.